The molecule has 0 bridgehead atoms. The highest BCUT2D eigenvalue weighted by Gasteiger charge is 2.42. The zero-order valence-electron chi connectivity index (χ0n) is 90.9. The van der Waals surface area contributed by atoms with Crippen molar-refractivity contribution in [3.05, 3.63) is 169 Å². The summed E-state index contributed by atoms with van der Waals surface area (Å²) in [5.74, 6) is -1.42. The Labute approximate surface area is 898 Å². The van der Waals surface area contributed by atoms with Crippen molar-refractivity contribution in [2.75, 3.05) is 64.0 Å². The Balaban J connectivity index is -0.00000172. The van der Waals surface area contributed by atoms with Crippen LogP contribution in [0.4, 0.5) is 9.59 Å². The number of methoxy groups -OCH3 is 9. The number of amides is 8. The molecule has 5 rings (SSSR count). The lowest BCUT2D eigenvalue weighted by Gasteiger charge is -2.31. The number of carboxylic acids is 2. The van der Waals surface area contributed by atoms with Gasteiger partial charge in [-0.3, -0.25) is 52.7 Å². The zero-order chi connectivity index (χ0) is 114. The summed E-state index contributed by atoms with van der Waals surface area (Å²) in [6.45, 7) is 46.6. The highest BCUT2D eigenvalue weighted by molar-refractivity contribution is 6.64. The average Bonchev–Trinajstić information content (AvgIpc) is 0.802. The van der Waals surface area contributed by atoms with Crippen molar-refractivity contribution < 1.29 is 129 Å². The molecule has 0 saturated heterocycles. The largest absolute Gasteiger partial charge is 0.495 e. The van der Waals surface area contributed by atoms with Gasteiger partial charge in [-0.25, -0.2) is 14.4 Å². The molecule has 0 spiro atoms. The minimum Gasteiger partial charge on any atom is -0.495 e. The molecule has 44 heteroatoms. The monoisotopic (exact) mass is 2170 g/mol. The lowest BCUT2D eigenvalue weighted by atomic mass is 9.56. The fraction of sp³-hybridized carbons (Fsp3) is 0.519. The van der Waals surface area contributed by atoms with Gasteiger partial charge < -0.3 is 116 Å². The van der Waals surface area contributed by atoms with Crippen molar-refractivity contribution >= 4 is 157 Å². The second-order valence-electron chi connectivity index (χ2n) is 38.6. The summed E-state index contributed by atoms with van der Waals surface area (Å²) in [6.07, 6.45) is 6.47. The topological polar surface area (TPSA) is 529 Å². The lowest BCUT2D eigenvalue weighted by molar-refractivity contribution is -0.153. The summed E-state index contributed by atoms with van der Waals surface area (Å²) in [7, 11) is 12.8. The van der Waals surface area contributed by atoms with Gasteiger partial charge in [0.25, 0.3) is 0 Å². The van der Waals surface area contributed by atoms with Gasteiger partial charge >= 0.3 is 48.0 Å². The van der Waals surface area contributed by atoms with Crippen LogP contribution in [0.15, 0.2) is 116 Å². The zero-order valence-corrected chi connectivity index (χ0v) is 94.7. The van der Waals surface area contributed by atoms with Crippen molar-refractivity contribution in [2.45, 2.75) is 263 Å². The summed E-state index contributed by atoms with van der Waals surface area (Å²) in [5.41, 5.74) is 9.20. The number of carbonyl (C=O) groups is 14. The van der Waals surface area contributed by atoms with E-state index >= 15 is 0 Å². The molecule has 148 heavy (non-hydrogen) atoms. The first-order valence-corrected chi connectivity index (χ1v) is 48.1. The highest BCUT2D eigenvalue weighted by Crippen LogP contribution is 2.33. The molecular weight excluding hydrogens is 2020 g/mol. The highest BCUT2D eigenvalue weighted by atomic mass is 35.5. The van der Waals surface area contributed by atoms with Gasteiger partial charge in [-0.1, -0.05) is 115 Å². The van der Waals surface area contributed by atoms with Crippen LogP contribution in [0.5, 0.6) is 28.7 Å². The number of halogens is 5. The minimum atomic E-state index is -1.17. The molecule has 0 aliphatic rings. The number of carboxylic acid groups (broad SMARTS) is 2. The molecule has 37 nitrogen and oxygen atoms in total. The summed E-state index contributed by atoms with van der Waals surface area (Å²) in [4.78, 5) is 168. The van der Waals surface area contributed by atoms with Crippen LogP contribution in [-0.2, 0) is 118 Å². The van der Waals surface area contributed by atoms with Gasteiger partial charge in [0.05, 0.1) is 122 Å². The number of alkyl carbamates (subject to hydrolysis) is 2. The van der Waals surface area contributed by atoms with Gasteiger partial charge in [0.15, 0.2) is 0 Å². The van der Waals surface area contributed by atoms with Crippen LogP contribution >= 0.6 is 58.0 Å². The number of nitrogens with two attached hydrogens (primary N) is 2. The summed E-state index contributed by atoms with van der Waals surface area (Å²) >= 11 is 30.5. The number of esters is 4. The molecule has 8 amide bonds. The fourth-order valence-electron chi connectivity index (χ4n) is 11.6. The van der Waals surface area contributed by atoms with Crippen molar-refractivity contribution in [1.29, 1.82) is 0 Å². The third-order valence-electron chi connectivity index (χ3n) is 22.9. The average molecular weight is 2170 g/mol. The second kappa shape index (κ2) is 65.6. The maximum Gasteiger partial charge on any atom is 0.408 e. The predicted molar refractivity (Wildman–Crippen MR) is 575 cm³/mol. The summed E-state index contributed by atoms with van der Waals surface area (Å²) < 4.78 is 54.8. The number of carbonyl (C=O) groups excluding carboxylic acids is 12. The number of rotatable bonds is 40. The smallest absolute Gasteiger partial charge is 0.408 e. The van der Waals surface area contributed by atoms with Crippen LogP contribution in [0.1, 0.15) is 173 Å². The fourth-order valence-corrected chi connectivity index (χ4v) is 13.0. The molecule has 5 aromatic carbocycles. The molecule has 14 N–H and O–H groups in total. The maximum atomic E-state index is 13.0. The van der Waals surface area contributed by atoms with E-state index in [1.165, 1.54) is 77.8 Å². The van der Waals surface area contributed by atoms with E-state index in [2.05, 4.69) is 66.2 Å². The molecule has 10 atom stereocenters. The Kier molecular flexibility index (Phi) is 62.0. The number of terminal acetylenes is 1. The Hall–Kier alpha value is -12.2. The summed E-state index contributed by atoms with van der Waals surface area (Å²) in [5, 5.41) is 41.6. The Morgan fingerprint density at radius 1 is 0.365 bits per heavy atom. The van der Waals surface area contributed by atoms with Gasteiger partial charge in [-0.15, -0.1) is 6.42 Å². The standard InChI is InChI=1S/C22H33ClN2O6.C20H27ClN2O5.C19H25ClN2O5.C17H25ClN2O4.C15H20ClNO5.C7H15NO2.C4H7B.B/c1-13(22(5,6)19(27)30-8)24-18(26)16(25-20(28)31-21(2,3)4)12-14-9-10-17(29-7)15(23)11-14;1-7-17(24)23-15(11-13-8-9-16(27-5)14(21)10-13)18(25)22-12(2)20(3,4)19(26)28-6;1-6-16(23)22-14(10-12-7-8-15(27-5)13(20)9-12)17(24)21-11(2)19(3,4)18(25)26;1-10(17(2,3)16(22)24-5)20-15(21)13(19)9-11-6-7-14(23-4)12(18)8-11;1-15(2,3)22-14(20)17-11(13(18)19)8-9-5-6-12(21-4)10(16)7-9;1-5(8)7(2,3)6(9)10-4;1-4-5(2)3;/h9-11,13,16H,12H2,1-8H3,(H,24,26)(H,25,28);7-10,12,15H,1,11H2,2-6H3,(H,22,25)(H,23,24);6-9,11,14H,1,10H2,2-5H3,(H,21,24)(H,22,23)(H,25,26);6-8,10,13H,9,19H2,1-5H3,(H,20,21);5-7,11H,8H2,1-4H3,(H,17,20)(H,18,19);5H,8H2,1-4H3;1H,2-3H3;/t13-,16+;12-,15+;11-,14+;10-,13+;11-;5-;;/m000010../s1. The van der Waals surface area contributed by atoms with Crippen LogP contribution < -0.4 is 77.7 Å². The molecule has 0 fully saturated rings. The Morgan fingerprint density at radius 3 is 0.777 bits per heavy atom. The number of hydrogen-bond acceptors (Lipinski definition) is 27. The first kappa shape index (κ1) is 140. The first-order chi connectivity index (χ1) is 67.7. The van der Waals surface area contributed by atoms with Crippen molar-refractivity contribution in [3.63, 3.8) is 0 Å². The molecule has 0 aliphatic heterocycles. The normalized spacial score (nSPS) is 13.0. The number of ether oxygens (including phenoxy) is 11. The minimum absolute atomic E-state index is 0. The predicted octanol–water partition coefficient (Wildman–Crippen LogP) is 13.8. The molecular formula is C104H152B2Cl5N10O27. The quantitative estimate of drug-likeness (QED) is 0.00570. The molecule has 3 radical (unpaired) electrons. The van der Waals surface area contributed by atoms with E-state index in [-0.39, 0.29) is 52.0 Å². The lowest BCUT2D eigenvalue weighted by Crippen LogP contribution is -2.55. The third-order valence-corrected chi connectivity index (χ3v) is 24.4. The summed E-state index contributed by atoms with van der Waals surface area (Å²) in [6, 6.07) is 18.4. The van der Waals surface area contributed by atoms with Gasteiger partial charge in [-0.05, 0) is 252 Å². The third kappa shape index (κ3) is 49.3. The van der Waals surface area contributed by atoms with Crippen molar-refractivity contribution in [2.24, 2.45) is 38.5 Å². The molecule has 821 valence electrons. The van der Waals surface area contributed by atoms with Crippen LogP contribution in [0.2, 0.25) is 38.8 Å². The first-order valence-electron chi connectivity index (χ1n) is 46.2. The Morgan fingerprint density at radius 2 is 0.581 bits per heavy atom. The second-order valence-corrected chi connectivity index (χ2v) is 40.7. The van der Waals surface area contributed by atoms with Crippen molar-refractivity contribution in [1.82, 2.24) is 42.5 Å². The number of benzene rings is 5. The van der Waals surface area contributed by atoms with Gasteiger partial charge in [0, 0.05) is 64.3 Å². The SMILES string of the molecule is C#CB(C)C.C=CC(=O)N[C@H](Cc1ccc(OC)c(Cl)c1)C(=O)N[C@@H](C)C(C)(C)C(=O)O.C=CC(=O)N[C@H](Cc1ccc(OC)c(Cl)c1)C(=O)N[C@@H](C)C(C)(C)C(=O)OC.COC(=O)C(C)(C)[C@H](C)N.COC(=O)C(C)(C)[C@H](C)NC(=O)[C@@H](Cc1ccc(OC)c(Cl)c1)NC(=O)OC(C)(C)C.COC(=O)C(C)(C)[C@H](C)NC(=O)[C@H](N)Cc1ccc(OC)c(Cl)c1.COc1ccc(C[C@@H](NC(=O)OC(C)(C)C)C(=O)O)cc1Cl.[B]. The van der Waals surface area contributed by atoms with E-state index in [0.29, 0.717) is 83.7 Å². The van der Waals surface area contributed by atoms with E-state index in [1.807, 2.05) is 13.6 Å². The van der Waals surface area contributed by atoms with Gasteiger partial charge in [0.1, 0.15) is 64.1 Å². The number of aliphatic carboxylic acids is 2. The number of nitrogens with one attached hydrogen (secondary N) is 8. The molecule has 0 unspecified atom stereocenters. The molecule has 0 saturated carbocycles. The molecule has 0 heterocycles. The van der Waals surface area contributed by atoms with Crippen LogP contribution in [0.25, 0.3) is 0 Å². The molecule has 0 aliphatic carbocycles. The van der Waals surface area contributed by atoms with Crippen molar-refractivity contribution in [3.8, 4) is 41.0 Å². The molecule has 5 aromatic rings. The maximum absolute atomic E-state index is 13.0. The van der Waals surface area contributed by atoms with Gasteiger partial charge in [0.2, 0.25) is 42.2 Å². The van der Waals surface area contributed by atoms with E-state index < -0.39 is 164 Å². The van der Waals surface area contributed by atoms with Crippen LogP contribution in [0.3, 0.4) is 0 Å². The van der Waals surface area contributed by atoms with E-state index in [9.17, 15) is 77.3 Å². The van der Waals surface area contributed by atoms with E-state index in [4.69, 9.17) is 123 Å². The van der Waals surface area contributed by atoms with E-state index in [0.717, 1.165) is 23.3 Å². The van der Waals surface area contributed by atoms with Crippen LogP contribution in [0, 0.1) is 39.3 Å². The van der Waals surface area contributed by atoms with Crippen LogP contribution in [-0.4, -0.2) is 244 Å². The number of hydrogen-bond donors (Lipinski definition) is 12. The Bertz CT molecular complexity index is 5290. The van der Waals surface area contributed by atoms with Gasteiger partial charge in [-0.2, -0.15) is 5.82 Å². The van der Waals surface area contributed by atoms with E-state index in [1.54, 1.807) is 223 Å². The molecule has 0 aromatic heterocycles.